The predicted octanol–water partition coefficient (Wildman–Crippen LogP) is 4.54. The number of hydrogen-bond donors (Lipinski definition) is 0. The lowest BCUT2D eigenvalue weighted by molar-refractivity contribution is -0.603. The average Bonchev–Trinajstić information content (AvgIpc) is 2.44. The Kier molecular flexibility index (Phi) is 4.59. The molecule has 0 atom stereocenters. The van der Waals surface area contributed by atoms with Gasteiger partial charge in [-0.3, -0.25) is 0 Å². The molecule has 0 saturated heterocycles. The van der Waals surface area contributed by atoms with Crippen LogP contribution in [0, 0.1) is 27.7 Å². The third kappa shape index (κ3) is 2.77. The Labute approximate surface area is 123 Å². The molecule has 0 fully saturated rings. The van der Waals surface area contributed by atoms with Crippen molar-refractivity contribution in [2.75, 3.05) is 0 Å². The Bertz CT molecular complexity index is 611. The summed E-state index contributed by atoms with van der Waals surface area (Å²) in [5.41, 5.74) is 8.29. The minimum Gasteiger partial charge on any atom is -0.164 e. The largest absolute Gasteiger partial charge is 0.214 e. The summed E-state index contributed by atoms with van der Waals surface area (Å²) in [6.07, 6.45) is 5.95. The fourth-order valence-corrected chi connectivity index (χ4v) is 2.71. The summed E-state index contributed by atoms with van der Waals surface area (Å²) in [5, 5.41) is 0. The number of hydrogen-bond acceptors (Lipinski definition) is 0. The van der Waals surface area contributed by atoms with Crippen molar-refractivity contribution < 1.29 is 4.57 Å². The fraction of sp³-hybridized carbons (Fsp3) is 0.421. The third-order valence-corrected chi connectivity index (χ3v) is 4.45. The van der Waals surface area contributed by atoms with Crippen LogP contribution in [-0.4, -0.2) is 0 Å². The highest BCUT2D eigenvalue weighted by molar-refractivity contribution is 5.39. The van der Waals surface area contributed by atoms with Crippen molar-refractivity contribution in [2.45, 2.75) is 53.9 Å². The number of unbranched alkanes of at least 4 members (excludes halogenated alkanes) is 1. The second-order valence-corrected chi connectivity index (χ2v) is 5.74. The molecule has 0 N–H and O–H groups in total. The van der Waals surface area contributed by atoms with Crippen LogP contribution >= 0.6 is 0 Å². The van der Waals surface area contributed by atoms with Gasteiger partial charge in [-0.15, -0.1) is 0 Å². The summed E-state index contributed by atoms with van der Waals surface area (Å²) in [7, 11) is 0. The van der Waals surface area contributed by atoms with Crippen molar-refractivity contribution in [3.8, 4) is 5.69 Å². The van der Waals surface area contributed by atoms with E-state index in [1.165, 1.54) is 52.9 Å². The molecule has 1 nitrogen and oxygen atoms in total. The van der Waals surface area contributed by atoms with Crippen molar-refractivity contribution in [1.82, 2.24) is 0 Å². The summed E-state index contributed by atoms with van der Waals surface area (Å²) in [6, 6.07) is 8.82. The molecule has 1 heteroatoms. The molecule has 0 amide bonds. The van der Waals surface area contributed by atoms with Crippen LogP contribution < -0.4 is 4.57 Å². The molecule has 20 heavy (non-hydrogen) atoms. The second kappa shape index (κ2) is 6.21. The maximum atomic E-state index is 2.33. The molecule has 0 bridgehead atoms. The number of benzene rings is 1. The number of pyridine rings is 1. The van der Waals surface area contributed by atoms with Gasteiger partial charge in [0.1, 0.15) is 0 Å². The molecule has 106 valence electrons. The first kappa shape index (κ1) is 14.8. The van der Waals surface area contributed by atoms with E-state index in [1.807, 2.05) is 0 Å². The molecule has 0 aliphatic rings. The monoisotopic (exact) mass is 268 g/mol. The first-order chi connectivity index (χ1) is 9.56. The Morgan fingerprint density at radius 1 is 0.950 bits per heavy atom. The van der Waals surface area contributed by atoms with Gasteiger partial charge in [0.2, 0.25) is 5.69 Å². The Hall–Kier alpha value is -1.63. The number of nitrogens with zero attached hydrogens (tertiary/aromatic N) is 1. The quantitative estimate of drug-likeness (QED) is 0.717. The van der Waals surface area contributed by atoms with E-state index in [1.54, 1.807) is 0 Å². The van der Waals surface area contributed by atoms with Gasteiger partial charge in [0.15, 0.2) is 11.9 Å². The lowest BCUT2D eigenvalue weighted by Gasteiger charge is -2.10. The molecule has 0 saturated carbocycles. The highest BCUT2D eigenvalue weighted by Crippen LogP contribution is 2.17. The molecule has 2 aromatic rings. The zero-order chi connectivity index (χ0) is 14.7. The molecular weight excluding hydrogens is 242 g/mol. The molecular formula is C19H26N+. The molecule has 0 spiro atoms. The fourth-order valence-electron chi connectivity index (χ4n) is 2.71. The van der Waals surface area contributed by atoms with Crippen molar-refractivity contribution in [1.29, 1.82) is 0 Å². The summed E-state index contributed by atoms with van der Waals surface area (Å²) in [4.78, 5) is 0. The Morgan fingerprint density at radius 3 is 2.40 bits per heavy atom. The summed E-state index contributed by atoms with van der Waals surface area (Å²) in [6.45, 7) is 11.1. The van der Waals surface area contributed by atoms with E-state index in [9.17, 15) is 0 Å². The smallest absolute Gasteiger partial charge is 0.164 e. The van der Waals surface area contributed by atoms with Crippen LogP contribution in [0.15, 0.2) is 30.5 Å². The summed E-state index contributed by atoms with van der Waals surface area (Å²) >= 11 is 0. The Balaban J connectivity index is 2.48. The van der Waals surface area contributed by atoms with E-state index in [0.29, 0.717) is 0 Å². The molecule has 1 aromatic heterocycles. The van der Waals surface area contributed by atoms with Gasteiger partial charge in [0, 0.05) is 30.2 Å². The van der Waals surface area contributed by atoms with Crippen LogP contribution in [0.2, 0.25) is 0 Å². The standard InChI is InChI=1S/C19H26N/c1-6-7-10-18-12-13-20(17(5)16(18)4)19-11-8-9-14(2)15(19)3/h8-9,11-13H,6-7,10H2,1-5H3/q+1. The maximum Gasteiger partial charge on any atom is 0.214 e. The SMILES string of the molecule is CCCCc1cc[n+](-c2cccc(C)c2C)c(C)c1C. The molecule has 2 rings (SSSR count). The van der Waals surface area contributed by atoms with Gasteiger partial charge < -0.3 is 0 Å². The van der Waals surface area contributed by atoms with Crippen LogP contribution in [-0.2, 0) is 6.42 Å². The van der Waals surface area contributed by atoms with E-state index in [0.717, 1.165) is 0 Å². The zero-order valence-corrected chi connectivity index (χ0v) is 13.5. The van der Waals surface area contributed by atoms with Crippen molar-refractivity contribution >= 4 is 0 Å². The van der Waals surface area contributed by atoms with Gasteiger partial charge in [-0.05, 0) is 44.7 Å². The molecule has 0 unspecified atom stereocenters. The van der Waals surface area contributed by atoms with E-state index in [4.69, 9.17) is 0 Å². The van der Waals surface area contributed by atoms with E-state index >= 15 is 0 Å². The first-order valence-electron chi connectivity index (χ1n) is 7.63. The second-order valence-electron chi connectivity index (χ2n) is 5.74. The first-order valence-corrected chi connectivity index (χ1v) is 7.63. The third-order valence-electron chi connectivity index (χ3n) is 4.45. The predicted molar refractivity (Wildman–Crippen MR) is 85.5 cm³/mol. The summed E-state index contributed by atoms with van der Waals surface area (Å²) in [5.74, 6) is 0. The van der Waals surface area contributed by atoms with Crippen molar-refractivity contribution in [3.63, 3.8) is 0 Å². The van der Waals surface area contributed by atoms with E-state index in [2.05, 4.69) is 69.6 Å². The molecule has 0 aliphatic heterocycles. The lowest BCUT2D eigenvalue weighted by atomic mass is 10.0. The molecule has 1 aromatic carbocycles. The number of rotatable bonds is 4. The van der Waals surface area contributed by atoms with Gasteiger partial charge in [-0.2, -0.15) is 4.57 Å². The van der Waals surface area contributed by atoms with Gasteiger partial charge >= 0.3 is 0 Å². The zero-order valence-electron chi connectivity index (χ0n) is 13.5. The van der Waals surface area contributed by atoms with E-state index in [-0.39, 0.29) is 0 Å². The minimum atomic E-state index is 1.19. The number of aromatic nitrogens is 1. The van der Waals surface area contributed by atoms with Crippen LogP contribution in [0.4, 0.5) is 0 Å². The molecule has 0 aliphatic carbocycles. The van der Waals surface area contributed by atoms with E-state index < -0.39 is 0 Å². The maximum absolute atomic E-state index is 2.33. The van der Waals surface area contributed by atoms with Crippen LogP contribution in [0.1, 0.15) is 47.7 Å². The topological polar surface area (TPSA) is 3.88 Å². The minimum absolute atomic E-state index is 1.19. The van der Waals surface area contributed by atoms with Crippen molar-refractivity contribution in [3.05, 3.63) is 58.4 Å². The van der Waals surface area contributed by atoms with Crippen LogP contribution in [0.5, 0.6) is 0 Å². The van der Waals surface area contributed by atoms with Crippen LogP contribution in [0.3, 0.4) is 0 Å². The Morgan fingerprint density at radius 2 is 1.70 bits per heavy atom. The van der Waals surface area contributed by atoms with Gasteiger partial charge in [-0.25, -0.2) is 0 Å². The highest BCUT2D eigenvalue weighted by atomic mass is 15.0. The highest BCUT2D eigenvalue weighted by Gasteiger charge is 2.17. The summed E-state index contributed by atoms with van der Waals surface area (Å²) < 4.78 is 2.33. The van der Waals surface area contributed by atoms with Gasteiger partial charge in [-0.1, -0.05) is 25.5 Å². The molecule has 0 radical (unpaired) electrons. The van der Waals surface area contributed by atoms with Gasteiger partial charge in [0.25, 0.3) is 0 Å². The van der Waals surface area contributed by atoms with Crippen LogP contribution in [0.25, 0.3) is 5.69 Å². The lowest BCUT2D eigenvalue weighted by Crippen LogP contribution is -2.36. The number of aryl methyl sites for hydroxylation is 2. The normalized spacial score (nSPS) is 10.8. The van der Waals surface area contributed by atoms with Gasteiger partial charge in [0.05, 0.1) is 0 Å². The average molecular weight is 268 g/mol. The van der Waals surface area contributed by atoms with Crippen molar-refractivity contribution in [2.24, 2.45) is 0 Å². The molecule has 1 heterocycles.